The first-order valence-corrected chi connectivity index (χ1v) is 16.3. The summed E-state index contributed by atoms with van der Waals surface area (Å²) >= 11 is 1.65. The molecule has 7 rings (SSSR count). The first kappa shape index (κ1) is 30.2. The highest BCUT2D eigenvalue weighted by atomic mass is 32.1. The average molecular weight is 643 g/mol. The fourth-order valence-electron chi connectivity index (χ4n) is 6.30. The number of nitrogens with one attached hydrogen (secondary N) is 2. The maximum atomic E-state index is 13.4. The normalized spacial score (nSPS) is 16.7. The smallest absolute Gasteiger partial charge is 0.262 e. The number of aryl methyl sites for hydroxylation is 2. The van der Waals surface area contributed by atoms with E-state index in [0.29, 0.717) is 18.4 Å². The summed E-state index contributed by atoms with van der Waals surface area (Å²) in [7, 11) is 0. The molecule has 0 bridgehead atoms. The number of carbonyl (C=O) groups is 5. The van der Waals surface area contributed by atoms with Crippen molar-refractivity contribution in [2.45, 2.75) is 44.2 Å². The molecule has 47 heavy (non-hydrogen) atoms. The Morgan fingerprint density at radius 1 is 0.915 bits per heavy atom. The van der Waals surface area contributed by atoms with Crippen molar-refractivity contribution in [3.8, 4) is 0 Å². The van der Waals surface area contributed by atoms with E-state index in [1.807, 2.05) is 54.6 Å². The summed E-state index contributed by atoms with van der Waals surface area (Å²) in [4.78, 5) is 70.2. The minimum absolute atomic E-state index is 0.0748. The number of carbonyl (C=O) groups excluding carboxylic acids is 5. The zero-order valence-corrected chi connectivity index (χ0v) is 26.1. The average Bonchev–Trinajstić information content (AvgIpc) is 3.62. The number of hydrogen-bond acceptors (Lipinski definition) is 7. The van der Waals surface area contributed by atoms with Crippen molar-refractivity contribution >= 4 is 51.0 Å². The first-order chi connectivity index (χ1) is 22.9. The summed E-state index contributed by atoms with van der Waals surface area (Å²) in [6, 6.07) is 25.8. The van der Waals surface area contributed by atoms with E-state index >= 15 is 0 Å². The van der Waals surface area contributed by atoms with Gasteiger partial charge in [0.1, 0.15) is 6.04 Å². The van der Waals surface area contributed by atoms with Crippen LogP contribution >= 0.6 is 11.3 Å². The zero-order valence-electron chi connectivity index (χ0n) is 25.3. The van der Waals surface area contributed by atoms with Crippen molar-refractivity contribution in [3.05, 3.63) is 136 Å². The molecule has 2 unspecified atom stereocenters. The van der Waals surface area contributed by atoms with E-state index in [2.05, 4.69) is 33.8 Å². The van der Waals surface area contributed by atoms with Gasteiger partial charge in [0.15, 0.2) is 0 Å². The number of piperidine rings is 1. The summed E-state index contributed by atoms with van der Waals surface area (Å²) in [5, 5.41) is 6.57. The second-order valence-corrected chi connectivity index (χ2v) is 12.9. The third kappa shape index (κ3) is 6.07. The van der Waals surface area contributed by atoms with Crippen LogP contribution in [0.25, 0.3) is 10.1 Å². The Morgan fingerprint density at radius 2 is 1.72 bits per heavy atom. The molecule has 1 saturated heterocycles. The van der Waals surface area contributed by atoms with Crippen LogP contribution in [0.4, 0.5) is 0 Å². The van der Waals surface area contributed by atoms with Crippen molar-refractivity contribution in [1.29, 1.82) is 0 Å². The van der Waals surface area contributed by atoms with Crippen molar-refractivity contribution < 1.29 is 24.0 Å². The van der Waals surface area contributed by atoms with E-state index in [0.717, 1.165) is 42.1 Å². The van der Waals surface area contributed by atoms with E-state index in [1.54, 1.807) is 35.9 Å². The van der Waals surface area contributed by atoms with Crippen LogP contribution < -0.4 is 10.6 Å². The Balaban J connectivity index is 1.01. The number of aromatic nitrogens is 1. The molecule has 2 N–H and O–H groups in total. The van der Waals surface area contributed by atoms with Gasteiger partial charge >= 0.3 is 0 Å². The number of imide groups is 2. The number of thiophene rings is 1. The number of benzene rings is 3. The van der Waals surface area contributed by atoms with Crippen molar-refractivity contribution in [2.24, 2.45) is 0 Å². The fraction of sp³-hybridized carbons (Fsp3) is 0.189. The Kier molecular flexibility index (Phi) is 8.17. The predicted octanol–water partition coefficient (Wildman–Crippen LogP) is 4.93. The van der Waals surface area contributed by atoms with Crippen LogP contribution in [0.3, 0.4) is 0 Å². The molecule has 2 aliphatic rings. The lowest BCUT2D eigenvalue weighted by atomic mass is 9.96. The van der Waals surface area contributed by atoms with Gasteiger partial charge in [-0.25, -0.2) is 0 Å². The van der Waals surface area contributed by atoms with Gasteiger partial charge in [0.25, 0.3) is 11.8 Å². The third-order valence-electron chi connectivity index (χ3n) is 8.68. The second kappa shape index (κ2) is 12.7. The van der Waals surface area contributed by atoms with E-state index in [4.69, 9.17) is 0 Å². The summed E-state index contributed by atoms with van der Waals surface area (Å²) in [6.07, 6.45) is 5.01. The van der Waals surface area contributed by atoms with Gasteiger partial charge in [0, 0.05) is 28.4 Å². The molecule has 5 amide bonds. The van der Waals surface area contributed by atoms with Crippen LogP contribution in [0.15, 0.2) is 97.3 Å². The standard InChI is InChI=1S/C37H30N4O5S/c42-31-17-16-28(35(44)40-31)41-36(45)27-8-3-6-24(33(27)37(41)46)15-14-22-10-12-23(13-11-22)19-32(43)39-34(26-7-4-18-38-21-26)30-20-25-5-1-2-9-29(25)47-30/h1-13,18,20-21,28,34H,14-17,19H2,(H,39,43)(H,40,42,44). The van der Waals surface area contributed by atoms with Crippen molar-refractivity contribution in [2.75, 3.05) is 0 Å². The Labute approximate surface area is 274 Å². The number of pyridine rings is 1. The van der Waals surface area contributed by atoms with Crippen molar-refractivity contribution in [3.63, 3.8) is 0 Å². The van der Waals surface area contributed by atoms with Gasteiger partial charge in [-0.2, -0.15) is 0 Å². The Bertz CT molecular complexity index is 2010. The van der Waals surface area contributed by atoms with Gasteiger partial charge < -0.3 is 5.32 Å². The Hall–Kier alpha value is -5.48. The number of rotatable bonds is 9. The van der Waals surface area contributed by atoms with Crippen LogP contribution in [0.1, 0.15) is 66.7 Å². The summed E-state index contributed by atoms with van der Waals surface area (Å²) in [6.45, 7) is 0. The highest BCUT2D eigenvalue weighted by Gasteiger charge is 2.45. The topological polar surface area (TPSA) is 126 Å². The van der Waals surface area contributed by atoms with Gasteiger partial charge in [-0.15, -0.1) is 11.3 Å². The fourth-order valence-corrected chi connectivity index (χ4v) is 7.45. The van der Waals surface area contributed by atoms with Gasteiger partial charge in [0.2, 0.25) is 17.7 Å². The minimum atomic E-state index is -0.998. The molecule has 0 radical (unpaired) electrons. The van der Waals surface area contributed by atoms with E-state index in [-0.39, 0.29) is 36.8 Å². The minimum Gasteiger partial charge on any atom is -0.344 e. The van der Waals surface area contributed by atoms with Gasteiger partial charge in [-0.3, -0.25) is 39.2 Å². The molecule has 0 spiro atoms. The molecular formula is C37H30N4O5S. The van der Waals surface area contributed by atoms with Crippen LogP contribution in [0.5, 0.6) is 0 Å². The predicted molar refractivity (Wildman–Crippen MR) is 177 cm³/mol. The van der Waals surface area contributed by atoms with Crippen LogP contribution in [-0.2, 0) is 33.6 Å². The maximum Gasteiger partial charge on any atom is 0.262 e. The molecular weight excluding hydrogens is 612 g/mol. The molecule has 2 atom stereocenters. The zero-order chi connectivity index (χ0) is 32.5. The molecule has 3 aromatic carbocycles. The van der Waals surface area contributed by atoms with Gasteiger partial charge in [-0.1, -0.05) is 60.7 Å². The summed E-state index contributed by atoms with van der Waals surface area (Å²) in [5.41, 5.74) is 4.12. The lowest BCUT2D eigenvalue weighted by Crippen LogP contribution is -2.54. The first-order valence-electron chi connectivity index (χ1n) is 15.4. The quantitative estimate of drug-likeness (QED) is 0.220. The molecule has 10 heteroatoms. The number of fused-ring (bicyclic) bond motifs is 2. The third-order valence-corrected chi connectivity index (χ3v) is 9.86. The summed E-state index contributed by atoms with van der Waals surface area (Å²) in [5.74, 6) is -2.15. The lowest BCUT2D eigenvalue weighted by Gasteiger charge is -2.27. The second-order valence-electron chi connectivity index (χ2n) is 11.8. The molecule has 4 heterocycles. The Morgan fingerprint density at radius 3 is 2.49 bits per heavy atom. The number of amides is 5. The highest BCUT2D eigenvalue weighted by molar-refractivity contribution is 7.19. The molecule has 1 fully saturated rings. The van der Waals surface area contributed by atoms with Crippen molar-refractivity contribution in [1.82, 2.24) is 20.5 Å². The SMILES string of the molecule is O=C1CCC(N2C(=O)c3cccc(CCc4ccc(CC(=O)NC(c5cccnc5)c5cc6ccccc6s5)cc4)c3C2=O)C(=O)N1. The van der Waals surface area contributed by atoms with E-state index < -0.39 is 29.7 Å². The molecule has 9 nitrogen and oxygen atoms in total. The van der Waals surface area contributed by atoms with Crippen LogP contribution in [-0.4, -0.2) is 45.5 Å². The van der Waals surface area contributed by atoms with Gasteiger partial charge in [-0.05, 0) is 71.2 Å². The molecule has 0 aliphatic carbocycles. The summed E-state index contributed by atoms with van der Waals surface area (Å²) < 4.78 is 1.16. The highest BCUT2D eigenvalue weighted by Crippen LogP contribution is 2.33. The number of hydrogen-bond donors (Lipinski definition) is 2. The van der Waals surface area contributed by atoms with Crippen LogP contribution in [0, 0.1) is 0 Å². The molecule has 5 aromatic rings. The largest absolute Gasteiger partial charge is 0.344 e. The monoisotopic (exact) mass is 642 g/mol. The molecule has 0 saturated carbocycles. The van der Waals surface area contributed by atoms with E-state index in [9.17, 15) is 24.0 Å². The van der Waals surface area contributed by atoms with Crippen LogP contribution in [0.2, 0.25) is 0 Å². The molecule has 2 aliphatic heterocycles. The lowest BCUT2D eigenvalue weighted by molar-refractivity contribution is -0.136. The molecule has 234 valence electrons. The molecule has 2 aromatic heterocycles. The van der Waals surface area contributed by atoms with Gasteiger partial charge in [0.05, 0.1) is 23.6 Å². The number of nitrogens with zero attached hydrogens (tertiary/aromatic N) is 2. The maximum absolute atomic E-state index is 13.4. The van der Waals surface area contributed by atoms with E-state index in [1.165, 1.54) is 0 Å².